The van der Waals surface area contributed by atoms with Gasteiger partial charge in [0.05, 0.1) is 0 Å². The minimum Gasteiger partial charge on any atom is -0.413 e. The summed E-state index contributed by atoms with van der Waals surface area (Å²) in [5.41, 5.74) is 0. The summed E-state index contributed by atoms with van der Waals surface area (Å²) < 4.78 is 12.6. The van der Waals surface area contributed by atoms with Gasteiger partial charge in [-0.2, -0.15) is 0 Å². The minimum atomic E-state index is -2.98. The molecule has 0 saturated carbocycles. The van der Waals surface area contributed by atoms with Crippen molar-refractivity contribution in [2.24, 2.45) is 10.8 Å². The monoisotopic (exact) mass is 322 g/mol. The third kappa shape index (κ3) is 5.41. The maximum Gasteiger partial charge on any atom is 0.490 e. The first kappa shape index (κ1) is 19.5. The average molecular weight is 323 g/mol. The fourth-order valence-electron chi connectivity index (χ4n) is 2.63. The van der Waals surface area contributed by atoms with Crippen LogP contribution in [-0.4, -0.2) is 25.5 Å². The Hall–Kier alpha value is 0.491. The van der Waals surface area contributed by atoms with Crippen LogP contribution < -0.4 is 10.8 Å². The summed E-state index contributed by atoms with van der Waals surface area (Å²) in [6.07, 6.45) is 0. The van der Waals surface area contributed by atoms with Crippen LogP contribution in [0.25, 0.3) is 0 Å². The van der Waals surface area contributed by atoms with E-state index in [0.717, 1.165) is 36.3 Å². The normalized spacial score (nSPS) is 13.9. The van der Waals surface area contributed by atoms with Gasteiger partial charge in [0.1, 0.15) is 0 Å². The highest BCUT2D eigenvalue weighted by molar-refractivity contribution is 6.87. The smallest absolute Gasteiger partial charge is 0.413 e. The SMILES string of the molecule is CC[Si](CC)(CC)O[Si](N)(N)O[Si](CC)(CC)CC. The summed E-state index contributed by atoms with van der Waals surface area (Å²) in [6.45, 7) is 13.1. The van der Waals surface area contributed by atoms with Crippen molar-refractivity contribution in [3.8, 4) is 0 Å². The van der Waals surface area contributed by atoms with Crippen LogP contribution in [0.3, 0.4) is 0 Å². The molecule has 0 unspecified atom stereocenters. The van der Waals surface area contributed by atoms with Gasteiger partial charge in [0, 0.05) is 0 Å². The fourth-order valence-corrected chi connectivity index (χ4v) is 15.1. The molecule has 4 nitrogen and oxygen atoms in total. The van der Waals surface area contributed by atoms with Crippen LogP contribution in [0.4, 0.5) is 0 Å². The summed E-state index contributed by atoms with van der Waals surface area (Å²) in [5.74, 6) is 0. The van der Waals surface area contributed by atoms with Crippen LogP contribution in [0.5, 0.6) is 0 Å². The zero-order chi connectivity index (χ0) is 15.2. The van der Waals surface area contributed by atoms with Gasteiger partial charge in [0.2, 0.25) is 0 Å². The maximum absolute atomic E-state index is 6.28. The maximum atomic E-state index is 6.28. The van der Waals surface area contributed by atoms with E-state index in [2.05, 4.69) is 41.5 Å². The van der Waals surface area contributed by atoms with Crippen molar-refractivity contribution in [3.63, 3.8) is 0 Å². The molecule has 0 saturated heterocycles. The Balaban J connectivity index is 4.96. The molecule has 0 fully saturated rings. The van der Waals surface area contributed by atoms with Gasteiger partial charge in [-0.05, 0) is 36.3 Å². The second-order valence-corrected chi connectivity index (χ2v) is 17.5. The molecular weight excluding hydrogens is 288 g/mol. The lowest BCUT2D eigenvalue weighted by Crippen LogP contribution is -2.70. The molecule has 116 valence electrons. The Labute approximate surface area is 122 Å². The molecule has 0 rings (SSSR count). The van der Waals surface area contributed by atoms with Crippen molar-refractivity contribution in [1.29, 1.82) is 0 Å². The van der Waals surface area contributed by atoms with Crippen molar-refractivity contribution in [1.82, 2.24) is 0 Å². The lowest BCUT2D eigenvalue weighted by atomic mass is 10.9. The molecule has 0 aromatic rings. The average Bonchev–Trinajstić information content (AvgIpc) is 2.42. The highest BCUT2D eigenvalue weighted by Crippen LogP contribution is 2.28. The van der Waals surface area contributed by atoms with Crippen LogP contribution in [-0.2, 0) is 8.23 Å². The van der Waals surface area contributed by atoms with E-state index < -0.39 is 25.5 Å². The van der Waals surface area contributed by atoms with Gasteiger partial charge < -0.3 is 8.23 Å². The van der Waals surface area contributed by atoms with E-state index in [4.69, 9.17) is 19.0 Å². The zero-order valence-electron chi connectivity index (χ0n) is 13.7. The Bertz CT molecular complexity index is 217. The molecule has 19 heavy (non-hydrogen) atoms. The van der Waals surface area contributed by atoms with E-state index in [1.54, 1.807) is 0 Å². The van der Waals surface area contributed by atoms with Crippen molar-refractivity contribution in [2.75, 3.05) is 0 Å². The molecule has 4 N–H and O–H groups in total. The van der Waals surface area contributed by atoms with Gasteiger partial charge in [-0.1, -0.05) is 41.5 Å². The molecule has 0 aliphatic heterocycles. The largest absolute Gasteiger partial charge is 0.490 e. The Morgan fingerprint density at radius 2 is 0.789 bits per heavy atom. The van der Waals surface area contributed by atoms with Crippen LogP contribution in [0.15, 0.2) is 0 Å². The van der Waals surface area contributed by atoms with Crippen molar-refractivity contribution < 1.29 is 8.23 Å². The van der Waals surface area contributed by atoms with Crippen LogP contribution in [0.1, 0.15) is 41.5 Å². The van der Waals surface area contributed by atoms with Gasteiger partial charge >= 0.3 is 8.88 Å². The lowest BCUT2D eigenvalue weighted by Gasteiger charge is -2.40. The fraction of sp³-hybridized carbons (Fsp3) is 1.00. The summed E-state index contributed by atoms with van der Waals surface area (Å²) in [5, 5.41) is 12.6. The highest BCUT2D eigenvalue weighted by Gasteiger charge is 2.45. The standard InChI is InChI=1S/C12H34N2O2Si3/c1-7-17(8-2,9-3)15-19(13,14)16-18(10-4,11-5)12-6/h7-14H2,1-6H3. The van der Waals surface area contributed by atoms with Crippen molar-refractivity contribution >= 4 is 25.5 Å². The Morgan fingerprint density at radius 3 is 0.947 bits per heavy atom. The first-order valence-electron chi connectivity index (χ1n) is 7.76. The zero-order valence-corrected chi connectivity index (χ0v) is 16.7. The molecule has 0 radical (unpaired) electrons. The van der Waals surface area contributed by atoms with Crippen LogP contribution in [0, 0.1) is 0 Å². The molecule has 0 spiro atoms. The number of nitrogens with two attached hydrogens (primary N) is 2. The molecule has 0 heterocycles. The quantitative estimate of drug-likeness (QED) is 0.605. The van der Waals surface area contributed by atoms with E-state index in [-0.39, 0.29) is 0 Å². The Morgan fingerprint density at radius 1 is 0.579 bits per heavy atom. The highest BCUT2D eigenvalue weighted by atomic mass is 28.5. The number of hydrogen-bond donors (Lipinski definition) is 2. The molecule has 0 bridgehead atoms. The molecule has 0 aliphatic carbocycles. The second kappa shape index (κ2) is 8.06. The van der Waals surface area contributed by atoms with E-state index in [1.807, 2.05) is 0 Å². The van der Waals surface area contributed by atoms with Gasteiger partial charge in [-0.15, -0.1) is 0 Å². The van der Waals surface area contributed by atoms with E-state index in [1.165, 1.54) is 0 Å². The van der Waals surface area contributed by atoms with Crippen molar-refractivity contribution in [3.05, 3.63) is 0 Å². The molecule has 0 atom stereocenters. The predicted molar refractivity (Wildman–Crippen MR) is 90.7 cm³/mol. The minimum absolute atomic E-state index is 1.06. The summed E-state index contributed by atoms with van der Waals surface area (Å²) in [7, 11) is -6.54. The molecule has 7 heteroatoms. The molecule has 0 aromatic carbocycles. The Kier molecular flexibility index (Phi) is 8.27. The molecule has 0 amide bonds. The third-order valence-corrected chi connectivity index (χ3v) is 18.4. The molecule has 0 aliphatic rings. The van der Waals surface area contributed by atoms with Gasteiger partial charge in [-0.3, -0.25) is 10.8 Å². The summed E-state index contributed by atoms with van der Waals surface area (Å²) in [4.78, 5) is 0. The first-order valence-corrected chi connectivity index (χ1v) is 14.8. The lowest BCUT2D eigenvalue weighted by molar-refractivity contribution is 0.362. The third-order valence-electron chi connectivity index (χ3n) is 4.62. The molecular formula is C12H34N2O2Si3. The van der Waals surface area contributed by atoms with Crippen LogP contribution >= 0.6 is 0 Å². The topological polar surface area (TPSA) is 70.5 Å². The first-order chi connectivity index (χ1) is 8.78. The van der Waals surface area contributed by atoms with Crippen molar-refractivity contribution in [2.45, 2.75) is 77.8 Å². The predicted octanol–water partition coefficient (Wildman–Crippen LogP) is 3.38. The summed E-state index contributed by atoms with van der Waals surface area (Å²) in [6, 6.07) is 6.37. The van der Waals surface area contributed by atoms with Gasteiger partial charge in [0.25, 0.3) is 0 Å². The van der Waals surface area contributed by atoms with Gasteiger partial charge in [0.15, 0.2) is 16.6 Å². The summed E-state index contributed by atoms with van der Waals surface area (Å²) >= 11 is 0. The van der Waals surface area contributed by atoms with E-state index in [0.29, 0.717) is 0 Å². The van der Waals surface area contributed by atoms with Crippen LogP contribution in [0.2, 0.25) is 36.3 Å². The van der Waals surface area contributed by atoms with Gasteiger partial charge in [-0.25, -0.2) is 0 Å². The van der Waals surface area contributed by atoms with E-state index in [9.17, 15) is 0 Å². The molecule has 0 aromatic heterocycles. The number of hydrogen-bond acceptors (Lipinski definition) is 4. The second-order valence-electron chi connectivity index (χ2n) is 5.41. The number of rotatable bonds is 10. The van der Waals surface area contributed by atoms with E-state index >= 15 is 0 Å².